The molecule has 23 heavy (non-hydrogen) atoms. The van der Waals surface area contributed by atoms with Gasteiger partial charge in [0.25, 0.3) is 10.1 Å². The van der Waals surface area contributed by atoms with E-state index in [-0.39, 0.29) is 10.5 Å². The molecule has 1 aromatic carbocycles. The average Bonchev–Trinajstić information content (AvgIpc) is 2.54. The lowest BCUT2D eigenvalue weighted by molar-refractivity contribution is 0.0808. The van der Waals surface area contributed by atoms with Gasteiger partial charge in [0.05, 0.1) is 12.0 Å². The van der Waals surface area contributed by atoms with Gasteiger partial charge in [0.2, 0.25) is 0 Å². The van der Waals surface area contributed by atoms with E-state index in [9.17, 15) is 8.42 Å². The van der Waals surface area contributed by atoms with Gasteiger partial charge in [-0.2, -0.15) is 8.42 Å². The molecular weight excluding hydrogens is 316 g/mol. The van der Waals surface area contributed by atoms with Gasteiger partial charge in [-0.1, -0.05) is 0 Å². The first-order chi connectivity index (χ1) is 10.8. The van der Waals surface area contributed by atoms with Gasteiger partial charge in [0.1, 0.15) is 11.4 Å². The van der Waals surface area contributed by atoms with Gasteiger partial charge in [-0.25, -0.2) is 0 Å². The molecule has 2 rings (SSSR count). The second-order valence-electron chi connectivity index (χ2n) is 6.30. The summed E-state index contributed by atoms with van der Waals surface area (Å²) in [5, 5.41) is 3.34. The fourth-order valence-electron chi connectivity index (χ4n) is 2.50. The van der Waals surface area contributed by atoms with Crippen LogP contribution in [-0.2, 0) is 14.3 Å². The standard InChI is InChI=1S/C16H26N2O4S/c1-16(2,8-11-18-12-9-17-10-13-18)22-14-4-6-15(7-5-14)23(19,20)21-3/h4-7,17H,8-13H2,1-3H3. The molecule has 0 bridgehead atoms. The van der Waals surface area contributed by atoms with Crippen LogP contribution in [0.5, 0.6) is 5.75 Å². The zero-order valence-corrected chi connectivity index (χ0v) is 14.9. The molecule has 0 aromatic heterocycles. The molecule has 1 aliphatic heterocycles. The summed E-state index contributed by atoms with van der Waals surface area (Å²) in [6.07, 6.45) is 0.908. The zero-order valence-electron chi connectivity index (χ0n) is 14.0. The van der Waals surface area contributed by atoms with Gasteiger partial charge in [-0.05, 0) is 44.5 Å². The number of benzene rings is 1. The lowest BCUT2D eigenvalue weighted by Gasteiger charge is -2.32. The third-order valence-corrected chi connectivity index (χ3v) is 5.25. The molecule has 1 aromatic rings. The Morgan fingerprint density at radius 2 is 1.78 bits per heavy atom. The molecule has 0 atom stereocenters. The molecule has 0 unspecified atom stereocenters. The Labute approximate surface area is 138 Å². The van der Waals surface area contributed by atoms with Crippen LogP contribution in [0.25, 0.3) is 0 Å². The van der Waals surface area contributed by atoms with E-state index in [1.54, 1.807) is 12.1 Å². The summed E-state index contributed by atoms with van der Waals surface area (Å²) in [6.45, 7) is 9.31. The van der Waals surface area contributed by atoms with Crippen LogP contribution in [0.3, 0.4) is 0 Å². The Bertz CT molecular complexity index is 593. The first-order valence-corrected chi connectivity index (χ1v) is 9.26. The van der Waals surface area contributed by atoms with Crippen LogP contribution < -0.4 is 10.1 Å². The predicted octanol–water partition coefficient (Wildman–Crippen LogP) is 1.47. The predicted molar refractivity (Wildman–Crippen MR) is 89.3 cm³/mol. The number of rotatable bonds is 7. The van der Waals surface area contributed by atoms with Crippen molar-refractivity contribution in [1.82, 2.24) is 10.2 Å². The summed E-state index contributed by atoms with van der Waals surface area (Å²) in [5.41, 5.74) is -0.313. The fraction of sp³-hybridized carbons (Fsp3) is 0.625. The Morgan fingerprint density at radius 3 is 2.35 bits per heavy atom. The van der Waals surface area contributed by atoms with E-state index in [1.165, 1.54) is 12.1 Å². The van der Waals surface area contributed by atoms with Crippen molar-refractivity contribution >= 4 is 10.1 Å². The van der Waals surface area contributed by atoms with Crippen molar-refractivity contribution in [2.45, 2.75) is 30.8 Å². The first-order valence-electron chi connectivity index (χ1n) is 7.85. The number of hydrogen-bond acceptors (Lipinski definition) is 6. The Kier molecular flexibility index (Phi) is 6.02. The van der Waals surface area contributed by atoms with Crippen LogP contribution in [0.1, 0.15) is 20.3 Å². The fourth-order valence-corrected chi connectivity index (χ4v) is 3.16. The van der Waals surface area contributed by atoms with Crippen molar-refractivity contribution in [2.24, 2.45) is 0 Å². The molecule has 1 saturated heterocycles. The van der Waals surface area contributed by atoms with Crippen LogP contribution in [0.2, 0.25) is 0 Å². The van der Waals surface area contributed by atoms with Gasteiger partial charge >= 0.3 is 0 Å². The molecule has 130 valence electrons. The minimum Gasteiger partial charge on any atom is -0.488 e. The van der Waals surface area contributed by atoms with E-state index in [0.717, 1.165) is 46.3 Å². The maximum Gasteiger partial charge on any atom is 0.296 e. The smallest absolute Gasteiger partial charge is 0.296 e. The number of nitrogens with one attached hydrogen (secondary N) is 1. The van der Waals surface area contributed by atoms with Crippen molar-refractivity contribution in [3.63, 3.8) is 0 Å². The van der Waals surface area contributed by atoms with Gasteiger partial charge in [-0.15, -0.1) is 0 Å². The molecule has 1 N–H and O–H groups in total. The van der Waals surface area contributed by atoms with Crippen LogP contribution in [0.4, 0.5) is 0 Å². The molecule has 6 nitrogen and oxygen atoms in total. The summed E-state index contributed by atoms with van der Waals surface area (Å²) in [4.78, 5) is 2.56. The molecule has 7 heteroatoms. The van der Waals surface area contributed by atoms with Crippen molar-refractivity contribution in [3.05, 3.63) is 24.3 Å². The van der Waals surface area contributed by atoms with Crippen LogP contribution in [0.15, 0.2) is 29.2 Å². The van der Waals surface area contributed by atoms with E-state index in [2.05, 4.69) is 28.2 Å². The lowest BCUT2D eigenvalue weighted by atomic mass is 10.0. The topological polar surface area (TPSA) is 67.9 Å². The summed E-state index contributed by atoms with van der Waals surface area (Å²) < 4.78 is 33.7. The highest BCUT2D eigenvalue weighted by molar-refractivity contribution is 7.86. The Morgan fingerprint density at radius 1 is 1.17 bits per heavy atom. The SMILES string of the molecule is COS(=O)(=O)c1ccc(OC(C)(C)CCN2CCNCC2)cc1. The van der Waals surface area contributed by atoms with E-state index < -0.39 is 10.1 Å². The van der Waals surface area contributed by atoms with Gasteiger partial charge < -0.3 is 15.0 Å². The zero-order chi connectivity index (χ0) is 16.9. The molecular formula is C16H26N2O4S. The molecule has 1 heterocycles. The van der Waals surface area contributed by atoms with E-state index in [0.29, 0.717) is 5.75 Å². The van der Waals surface area contributed by atoms with Crippen molar-refractivity contribution < 1.29 is 17.3 Å². The monoisotopic (exact) mass is 342 g/mol. The second-order valence-corrected chi connectivity index (χ2v) is 8.01. The third kappa shape index (κ3) is 5.46. The van der Waals surface area contributed by atoms with E-state index >= 15 is 0 Å². The number of hydrogen-bond donors (Lipinski definition) is 1. The normalized spacial score (nSPS) is 17.2. The highest BCUT2D eigenvalue weighted by atomic mass is 32.2. The molecule has 0 amide bonds. The van der Waals surface area contributed by atoms with Gasteiger partial charge in [-0.3, -0.25) is 4.18 Å². The quantitative estimate of drug-likeness (QED) is 0.757. The number of ether oxygens (including phenoxy) is 1. The molecule has 1 fully saturated rings. The summed E-state index contributed by atoms with van der Waals surface area (Å²) in [5.74, 6) is 0.658. The van der Waals surface area contributed by atoms with Gasteiger partial charge in [0, 0.05) is 32.7 Å². The largest absolute Gasteiger partial charge is 0.488 e. The highest BCUT2D eigenvalue weighted by Crippen LogP contribution is 2.23. The summed E-state index contributed by atoms with van der Waals surface area (Å²) in [7, 11) is -2.50. The average molecular weight is 342 g/mol. The Hall–Kier alpha value is -1.15. The maximum atomic E-state index is 11.6. The highest BCUT2D eigenvalue weighted by Gasteiger charge is 2.22. The summed E-state index contributed by atoms with van der Waals surface area (Å²) >= 11 is 0. The van der Waals surface area contributed by atoms with Crippen LogP contribution in [-0.4, -0.2) is 58.8 Å². The van der Waals surface area contributed by atoms with Crippen LogP contribution in [0, 0.1) is 0 Å². The first kappa shape index (κ1) is 18.2. The van der Waals surface area contributed by atoms with Crippen molar-refractivity contribution in [1.29, 1.82) is 0 Å². The number of piperazine rings is 1. The van der Waals surface area contributed by atoms with E-state index in [1.807, 2.05) is 0 Å². The number of nitrogens with zero attached hydrogens (tertiary/aromatic N) is 1. The summed E-state index contributed by atoms with van der Waals surface area (Å²) in [6, 6.07) is 6.33. The second kappa shape index (κ2) is 7.61. The third-order valence-electron chi connectivity index (χ3n) is 3.97. The Balaban J connectivity index is 1.91. The van der Waals surface area contributed by atoms with Gasteiger partial charge in [0.15, 0.2) is 0 Å². The minimum atomic E-state index is -3.65. The van der Waals surface area contributed by atoms with Crippen molar-refractivity contribution in [2.75, 3.05) is 39.8 Å². The molecule has 1 aliphatic rings. The lowest BCUT2D eigenvalue weighted by Crippen LogP contribution is -2.45. The molecule has 0 radical (unpaired) electrons. The molecule has 0 saturated carbocycles. The van der Waals surface area contributed by atoms with Crippen LogP contribution >= 0.6 is 0 Å². The minimum absolute atomic E-state index is 0.131. The molecule has 0 aliphatic carbocycles. The molecule has 0 spiro atoms. The van der Waals surface area contributed by atoms with E-state index in [4.69, 9.17) is 4.74 Å². The van der Waals surface area contributed by atoms with Crippen molar-refractivity contribution in [3.8, 4) is 5.75 Å². The maximum absolute atomic E-state index is 11.6.